The normalized spacial score (nSPS) is 14.5. The van der Waals surface area contributed by atoms with Gasteiger partial charge >= 0.3 is 0 Å². The van der Waals surface area contributed by atoms with Gasteiger partial charge in [-0.15, -0.1) is 11.3 Å². The van der Waals surface area contributed by atoms with E-state index in [9.17, 15) is 14.0 Å². The van der Waals surface area contributed by atoms with E-state index in [0.717, 1.165) is 36.4 Å². The number of imidazole rings is 1. The lowest BCUT2D eigenvalue weighted by Gasteiger charge is -2.31. The van der Waals surface area contributed by atoms with Gasteiger partial charge in [0.15, 0.2) is 0 Å². The number of hydrogen-bond acceptors (Lipinski definition) is 5. The molecule has 3 aromatic rings. The molecule has 1 aliphatic rings. The molecule has 0 spiro atoms. The Morgan fingerprint density at radius 2 is 1.97 bits per heavy atom. The number of piperidine rings is 1. The van der Waals surface area contributed by atoms with E-state index in [4.69, 9.17) is 0 Å². The van der Waals surface area contributed by atoms with Gasteiger partial charge in [0.05, 0.1) is 17.8 Å². The lowest BCUT2D eigenvalue weighted by molar-refractivity contribution is -0.131. The SMILES string of the molecule is O=C(NCCCn1ccnc1)c1csc(C2CCN(C(=O)Cc3ccc(F)cc3)CC2)n1. The summed E-state index contributed by atoms with van der Waals surface area (Å²) in [6, 6.07) is 6.06. The van der Waals surface area contributed by atoms with Gasteiger partial charge in [-0.3, -0.25) is 9.59 Å². The van der Waals surface area contributed by atoms with Crippen LogP contribution in [0.5, 0.6) is 0 Å². The van der Waals surface area contributed by atoms with Crippen molar-refractivity contribution in [2.75, 3.05) is 19.6 Å². The molecule has 1 N–H and O–H groups in total. The first-order valence-corrected chi connectivity index (χ1v) is 11.7. The number of hydrogen-bond donors (Lipinski definition) is 1. The van der Waals surface area contributed by atoms with Gasteiger partial charge in [-0.25, -0.2) is 14.4 Å². The van der Waals surface area contributed by atoms with Crippen LogP contribution >= 0.6 is 11.3 Å². The highest BCUT2D eigenvalue weighted by atomic mass is 32.1. The van der Waals surface area contributed by atoms with E-state index < -0.39 is 0 Å². The van der Waals surface area contributed by atoms with Crippen molar-refractivity contribution >= 4 is 23.2 Å². The largest absolute Gasteiger partial charge is 0.351 e. The van der Waals surface area contributed by atoms with Crippen LogP contribution in [0.15, 0.2) is 48.4 Å². The molecule has 168 valence electrons. The number of carbonyl (C=O) groups is 2. The summed E-state index contributed by atoms with van der Waals surface area (Å²) in [7, 11) is 0. The number of nitrogens with one attached hydrogen (secondary N) is 1. The number of halogens is 1. The number of nitrogens with zero attached hydrogens (tertiary/aromatic N) is 4. The van der Waals surface area contributed by atoms with Gasteiger partial charge < -0.3 is 14.8 Å². The highest BCUT2D eigenvalue weighted by molar-refractivity contribution is 7.09. The standard InChI is InChI=1S/C23H26FN5O2S/c24-19-4-2-17(3-5-19)14-21(30)29-11-6-18(7-12-29)23-27-20(15-32-23)22(31)26-8-1-10-28-13-9-25-16-28/h2-5,9,13,15-16,18H,1,6-8,10-12,14H2,(H,26,31). The molecule has 0 bridgehead atoms. The quantitative estimate of drug-likeness (QED) is 0.529. The van der Waals surface area contributed by atoms with E-state index in [1.165, 1.54) is 23.5 Å². The second kappa shape index (κ2) is 10.5. The van der Waals surface area contributed by atoms with Crippen LogP contribution in [0.2, 0.25) is 0 Å². The Kier molecular flexibility index (Phi) is 7.26. The lowest BCUT2D eigenvalue weighted by Crippen LogP contribution is -2.38. The van der Waals surface area contributed by atoms with E-state index in [1.54, 1.807) is 24.7 Å². The maximum Gasteiger partial charge on any atom is 0.270 e. The summed E-state index contributed by atoms with van der Waals surface area (Å²) in [4.78, 5) is 35.3. The predicted molar refractivity (Wildman–Crippen MR) is 120 cm³/mol. The summed E-state index contributed by atoms with van der Waals surface area (Å²) >= 11 is 1.51. The molecule has 0 aliphatic carbocycles. The summed E-state index contributed by atoms with van der Waals surface area (Å²) in [6.45, 7) is 2.72. The van der Waals surface area contributed by atoms with Gasteiger partial charge in [0, 0.05) is 49.9 Å². The Balaban J connectivity index is 1.21. The minimum atomic E-state index is -0.298. The van der Waals surface area contributed by atoms with Crippen LogP contribution in [-0.4, -0.2) is 50.9 Å². The number of benzene rings is 1. The van der Waals surface area contributed by atoms with Crippen LogP contribution < -0.4 is 5.32 Å². The molecule has 3 heterocycles. The van der Waals surface area contributed by atoms with Crippen LogP contribution in [0.25, 0.3) is 0 Å². The number of rotatable bonds is 8. The summed E-state index contributed by atoms with van der Waals surface area (Å²) < 4.78 is 15.0. The molecule has 2 aromatic heterocycles. The first kappa shape index (κ1) is 22.1. The van der Waals surface area contributed by atoms with Crippen molar-refractivity contribution in [3.05, 3.63) is 70.4 Å². The molecule has 0 radical (unpaired) electrons. The molecule has 9 heteroatoms. The van der Waals surface area contributed by atoms with Crippen LogP contribution in [0.1, 0.15) is 46.2 Å². The molecular weight excluding hydrogens is 429 g/mol. The van der Waals surface area contributed by atoms with Crippen molar-refractivity contribution in [2.24, 2.45) is 0 Å². The van der Waals surface area contributed by atoms with Gasteiger partial charge in [-0.05, 0) is 37.0 Å². The Labute approximate surface area is 190 Å². The Hall–Kier alpha value is -3.07. The Morgan fingerprint density at radius 1 is 1.19 bits per heavy atom. The zero-order chi connectivity index (χ0) is 22.3. The van der Waals surface area contributed by atoms with Gasteiger partial charge in [-0.1, -0.05) is 12.1 Å². The maximum absolute atomic E-state index is 13.0. The molecule has 1 fully saturated rings. The minimum absolute atomic E-state index is 0.0601. The number of thiazole rings is 1. The predicted octanol–water partition coefficient (Wildman–Crippen LogP) is 3.25. The second-order valence-electron chi connectivity index (χ2n) is 7.94. The number of amides is 2. The smallest absolute Gasteiger partial charge is 0.270 e. The molecule has 1 saturated heterocycles. The highest BCUT2D eigenvalue weighted by Crippen LogP contribution is 2.30. The van der Waals surface area contributed by atoms with Crippen molar-refractivity contribution < 1.29 is 14.0 Å². The van der Waals surface area contributed by atoms with E-state index in [1.807, 2.05) is 21.0 Å². The van der Waals surface area contributed by atoms with Crippen molar-refractivity contribution in [1.29, 1.82) is 0 Å². The van der Waals surface area contributed by atoms with E-state index in [0.29, 0.717) is 25.3 Å². The molecular formula is C23H26FN5O2S. The van der Waals surface area contributed by atoms with Crippen molar-refractivity contribution in [3.63, 3.8) is 0 Å². The molecule has 1 aliphatic heterocycles. The molecule has 2 amide bonds. The highest BCUT2D eigenvalue weighted by Gasteiger charge is 2.26. The van der Waals surface area contributed by atoms with Crippen LogP contribution in [0.4, 0.5) is 4.39 Å². The third-order valence-electron chi connectivity index (χ3n) is 5.66. The first-order chi connectivity index (χ1) is 15.6. The fourth-order valence-corrected chi connectivity index (χ4v) is 4.79. The fourth-order valence-electron chi connectivity index (χ4n) is 3.82. The first-order valence-electron chi connectivity index (χ1n) is 10.8. The average molecular weight is 456 g/mol. The third-order valence-corrected chi connectivity index (χ3v) is 6.67. The lowest BCUT2D eigenvalue weighted by atomic mass is 9.97. The molecule has 1 aromatic carbocycles. The molecule has 7 nitrogen and oxygen atoms in total. The molecule has 32 heavy (non-hydrogen) atoms. The molecule has 0 unspecified atom stereocenters. The summed E-state index contributed by atoms with van der Waals surface area (Å²) in [5.41, 5.74) is 1.28. The van der Waals surface area contributed by atoms with Crippen molar-refractivity contribution in [1.82, 2.24) is 24.8 Å². The van der Waals surface area contributed by atoms with E-state index in [-0.39, 0.29) is 30.0 Å². The fraction of sp³-hybridized carbons (Fsp3) is 0.391. The van der Waals surface area contributed by atoms with Crippen LogP contribution in [0.3, 0.4) is 0 Å². The van der Waals surface area contributed by atoms with Gasteiger partial charge in [0.2, 0.25) is 5.91 Å². The van der Waals surface area contributed by atoms with E-state index >= 15 is 0 Å². The van der Waals surface area contributed by atoms with Crippen LogP contribution in [0, 0.1) is 5.82 Å². The second-order valence-corrected chi connectivity index (χ2v) is 8.83. The summed E-state index contributed by atoms with van der Waals surface area (Å²) in [5, 5.41) is 5.69. The Morgan fingerprint density at radius 3 is 2.69 bits per heavy atom. The van der Waals surface area contributed by atoms with Gasteiger partial charge in [-0.2, -0.15) is 0 Å². The Bertz CT molecular complexity index is 1030. The summed E-state index contributed by atoms with van der Waals surface area (Å²) in [5.74, 6) is -0.124. The maximum atomic E-state index is 13.0. The summed E-state index contributed by atoms with van der Waals surface area (Å²) in [6.07, 6.45) is 8.16. The molecule has 0 atom stereocenters. The average Bonchev–Trinajstić information content (AvgIpc) is 3.51. The minimum Gasteiger partial charge on any atom is -0.351 e. The van der Waals surface area contributed by atoms with Gasteiger partial charge in [0.25, 0.3) is 5.91 Å². The van der Waals surface area contributed by atoms with Crippen LogP contribution in [-0.2, 0) is 17.8 Å². The number of aryl methyl sites for hydroxylation is 1. The number of aromatic nitrogens is 3. The van der Waals surface area contributed by atoms with Gasteiger partial charge in [0.1, 0.15) is 11.5 Å². The number of likely N-dealkylation sites (tertiary alicyclic amines) is 1. The van der Waals surface area contributed by atoms with Crippen molar-refractivity contribution in [3.8, 4) is 0 Å². The zero-order valence-corrected chi connectivity index (χ0v) is 18.6. The molecule has 4 rings (SSSR count). The zero-order valence-electron chi connectivity index (χ0n) is 17.7. The molecule has 0 saturated carbocycles. The monoisotopic (exact) mass is 455 g/mol. The van der Waals surface area contributed by atoms with E-state index in [2.05, 4.69) is 15.3 Å². The van der Waals surface area contributed by atoms with Crippen molar-refractivity contribution in [2.45, 2.75) is 38.1 Å². The third kappa shape index (κ3) is 5.79. The number of carbonyl (C=O) groups excluding carboxylic acids is 2. The topological polar surface area (TPSA) is 80.1 Å².